The largest absolute Gasteiger partial charge is 0.504 e. The molecule has 3 aromatic rings. The number of rotatable bonds is 8. The number of benzene rings is 1. The number of hydrogen-bond donors (Lipinski definition) is 1. The van der Waals surface area contributed by atoms with Crippen LogP contribution in [-0.2, 0) is 16.0 Å². The summed E-state index contributed by atoms with van der Waals surface area (Å²) in [5.41, 5.74) is 2.01. The number of fused-ring (bicyclic) bond motifs is 1. The first-order chi connectivity index (χ1) is 16.9. The summed E-state index contributed by atoms with van der Waals surface area (Å²) in [4.78, 5) is 32.5. The fourth-order valence-corrected chi connectivity index (χ4v) is 5.88. The minimum Gasteiger partial charge on any atom is -0.504 e. The van der Waals surface area contributed by atoms with E-state index >= 15 is 0 Å². The summed E-state index contributed by atoms with van der Waals surface area (Å²) in [6.45, 7) is 9.72. The number of thiazole rings is 1. The topological polar surface area (TPSA) is 90.1 Å². The molecule has 0 bridgehead atoms. The van der Waals surface area contributed by atoms with Crippen molar-refractivity contribution in [1.82, 2.24) is 4.57 Å². The summed E-state index contributed by atoms with van der Waals surface area (Å²) >= 11 is 2.72. The number of aromatic nitrogens is 1. The van der Waals surface area contributed by atoms with Gasteiger partial charge in [0.05, 0.1) is 29.0 Å². The van der Waals surface area contributed by atoms with Crippen LogP contribution < -0.4 is 19.6 Å². The number of hydrogen-bond acceptors (Lipinski definition) is 8. The second-order valence-corrected chi connectivity index (χ2v) is 9.76. The molecule has 0 saturated carbocycles. The van der Waals surface area contributed by atoms with Crippen LogP contribution in [0.5, 0.6) is 11.5 Å². The molecule has 35 heavy (non-hydrogen) atoms. The zero-order chi connectivity index (χ0) is 25.1. The highest BCUT2D eigenvalue weighted by Crippen LogP contribution is 2.34. The normalized spacial score (nSPS) is 15.5. The van der Waals surface area contributed by atoms with E-state index in [1.807, 2.05) is 30.5 Å². The molecule has 0 fully saturated rings. The molecule has 3 heterocycles. The van der Waals surface area contributed by atoms with Crippen molar-refractivity contribution in [3.05, 3.63) is 89.3 Å². The lowest BCUT2D eigenvalue weighted by atomic mass is 10.0. The van der Waals surface area contributed by atoms with Crippen molar-refractivity contribution < 1.29 is 19.4 Å². The summed E-state index contributed by atoms with van der Waals surface area (Å²) in [7, 11) is 0. The van der Waals surface area contributed by atoms with Crippen molar-refractivity contribution >= 4 is 34.7 Å². The van der Waals surface area contributed by atoms with Gasteiger partial charge < -0.3 is 14.6 Å². The van der Waals surface area contributed by atoms with Gasteiger partial charge in [-0.15, -0.1) is 17.9 Å². The summed E-state index contributed by atoms with van der Waals surface area (Å²) in [6.07, 6.45) is 3.91. The Bertz CT molecular complexity index is 1480. The number of phenolic OH excluding ortho intramolecular Hbond substituents is 1. The van der Waals surface area contributed by atoms with Crippen molar-refractivity contribution in [2.75, 3.05) is 13.2 Å². The van der Waals surface area contributed by atoms with E-state index in [4.69, 9.17) is 9.47 Å². The van der Waals surface area contributed by atoms with Crippen LogP contribution in [-0.4, -0.2) is 28.9 Å². The molecule has 1 N–H and O–H groups in total. The first-order valence-corrected chi connectivity index (χ1v) is 12.9. The molecule has 1 aliphatic rings. The molecule has 1 atom stereocenters. The number of aromatic hydroxyl groups is 1. The average Bonchev–Trinajstić information content (AvgIpc) is 3.45. The van der Waals surface area contributed by atoms with Gasteiger partial charge in [-0.05, 0) is 62.4 Å². The highest BCUT2D eigenvalue weighted by molar-refractivity contribution is 7.10. The Labute approximate surface area is 210 Å². The Morgan fingerprint density at radius 1 is 1.31 bits per heavy atom. The maximum absolute atomic E-state index is 13.7. The van der Waals surface area contributed by atoms with Crippen LogP contribution in [0.2, 0.25) is 0 Å². The summed E-state index contributed by atoms with van der Waals surface area (Å²) in [5, 5.41) is 12.4. The number of allylic oxidation sites excluding steroid dienone is 2. The van der Waals surface area contributed by atoms with Gasteiger partial charge in [0.1, 0.15) is 6.04 Å². The number of nitrogens with zero attached hydrogens (tertiary/aromatic N) is 2. The molecule has 182 valence electrons. The van der Waals surface area contributed by atoms with E-state index in [0.29, 0.717) is 50.5 Å². The zero-order valence-corrected chi connectivity index (χ0v) is 21.4. The van der Waals surface area contributed by atoms with Crippen molar-refractivity contribution in [2.45, 2.75) is 33.2 Å². The number of thiophene rings is 1. The Hall–Kier alpha value is -3.43. The van der Waals surface area contributed by atoms with Crippen LogP contribution in [0.25, 0.3) is 6.08 Å². The second-order valence-electron chi connectivity index (χ2n) is 7.77. The van der Waals surface area contributed by atoms with E-state index in [0.717, 1.165) is 4.88 Å². The predicted octanol–water partition coefficient (Wildman–Crippen LogP) is 3.69. The lowest BCUT2D eigenvalue weighted by Crippen LogP contribution is -2.39. The summed E-state index contributed by atoms with van der Waals surface area (Å²) < 4.78 is 12.9. The van der Waals surface area contributed by atoms with E-state index in [9.17, 15) is 14.7 Å². The van der Waals surface area contributed by atoms with E-state index in [1.54, 1.807) is 36.6 Å². The maximum Gasteiger partial charge on any atom is 0.338 e. The Balaban J connectivity index is 1.91. The standard InChI is InChI=1S/C26H26N2O5S2/c1-5-9-17-12-16(13-18(23(17)29)32-6-2)14-20-24(30)28-22(19-10-8-11-34-19)21(25(31)33-7-3)15(4)27-26(28)35-20/h5,8,10-14,22,29H,1,6-7,9H2,2-4H3/b20-14+/t22-/m0/s1. The first kappa shape index (κ1) is 24.7. The predicted molar refractivity (Wildman–Crippen MR) is 138 cm³/mol. The summed E-state index contributed by atoms with van der Waals surface area (Å²) in [5.74, 6) is -0.0593. The van der Waals surface area contributed by atoms with Crippen molar-refractivity contribution in [2.24, 2.45) is 4.99 Å². The molecule has 0 unspecified atom stereocenters. The third kappa shape index (κ3) is 4.74. The zero-order valence-electron chi connectivity index (χ0n) is 19.7. The third-order valence-electron chi connectivity index (χ3n) is 5.47. The Kier molecular flexibility index (Phi) is 7.37. The van der Waals surface area contributed by atoms with Crippen LogP contribution in [0.1, 0.15) is 42.8 Å². The van der Waals surface area contributed by atoms with Crippen molar-refractivity contribution in [1.29, 1.82) is 0 Å². The van der Waals surface area contributed by atoms with Gasteiger partial charge in [-0.2, -0.15) is 0 Å². The molecule has 2 aromatic heterocycles. The fraction of sp³-hybridized carbons (Fsp3) is 0.269. The van der Waals surface area contributed by atoms with Crippen molar-refractivity contribution in [3.8, 4) is 11.5 Å². The van der Waals surface area contributed by atoms with Gasteiger partial charge in [0, 0.05) is 10.4 Å². The minimum absolute atomic E-state index is 0.0674. The number of ether oxygens (including phenoxy) is 2. The van der Waals surface area contributed by atoms with Gasteiger partial charge in [-0.1, -0.05) is 23.5 Å². The monoisotopic (exact) mass is 510 g/mol. The van der Waals surface area contributed by atoms with Gasteiger partial charge in [-0.25, -0.2) is 9.79 Å². The van der Waals surface area contributed by atoms with Crippen molar-refractivity contribution in [3.63, 3.8) is 0 Å². The van der Waals surface area contributed by atoms with Gasteiger partial charge in [0.2, 0.25) is 0 Å². The van der Waals surface area contributed by atoms with Crippen LogP contribution in [0.4, 0.5) is 0 Å². The molecule has 7 nitrogen and oxygen atoms in total. The molecule has 9 heteroatoms. The SMILES string of the molecule is C=CCc1cc(/C=c2/sc3n(c2=O)[C@@H](c2cccs2)C(C(=O)OCC)=C(C)N=3)cc(OCC)c1O. The Morgan fingerprint density at radius 2 is 2.11 bits per heavy atom. The fourth-order valence-electron chi connectivity index (χ4n) is 4.01. The van der Waals surface area contributed by atoms with E-state index in [1.165, 1.54) is 22.7 Å². The molecule has 0 aliphatic carbocycles. The highest BCUT2D eigenvalue weighted by atomic mass is 32.1. The Morgan fingerprint density at radius 3 is 2.77 bits per heavy atom. The molecule has 0 amide bonds. The number of esters is 1. The van der Waals surface area contributed by atoms with E-state index in [2.05, 4.69) is 11.6 Å². The van der Waals surface area contributed by atoms with Crippen LogP contribution in [0.15, 0.2) is 63.4 Å². The summed E-state index contributed by atoms with van der Waals surface area (Å²) in [6, 6.07) is 6.70. The number of phenols is 1. The lowest BCUT2D eigenvalue weighted by molar-refractivity contribution is -0.139. The quantitative estimate of drug-likeness (QED) is 0.369. The molecular formula is C26H26N2O5S2. The first-order valence-electron chi connectivity index (χ1n) is 11.2. The van der Waals surface area contributed by atoms with Crippen LogP contribution >= 0.6 is 22.7 Å². The number of carbonyl (C=O) groups is 1. The third-order valence-corrected chi connectivity index (χ3v) is 7.38. The molecule has 0 saturated heterocycles. The molecule has 4 rings (SSSR count). The molecule has 0 spiro atoms. The maximum atomic E-state index is 13.7. The lowest BCUT2D eigenvalue weighted by Gasteiger charge is -2.23. The van der Waals surface area contributed by atoms with Gasteiger partial charge in [0.15, 0.2) is 16.3 Å². The second kappa shape index (κ2) is 10.5. The van der Waals surface area contributed by atoms with Crippen LogP contribution in [0.3, 0.4) is 0 Å². The van der Waals surface area contributed by atoms with Crippen LogP contribution in [0, 0.1) is 0 Å². The highest BCUT2D eigenvalue weighted by Gasteiger charge is 2.33. The smallest absolute Gasteiger partial charge is 0.338 e. The molecule has 1 aromatic carbocycles. The molecule has 1 aliphatic heterocycles. The number of carbonyl (C=O) groups excluding carboxylic acids is 1. The molecule has 0 radical (unpaired) electrons. The average molecular weight is 511 g/mol. The van der Waals surface area contributed by atoms with E-state index in [-0.39, 0.29) is 17.9 Å². The van der Waals surface area contributed by atoms with E-state index < -0.39 is 12.0 Å². The minimum atomic E-state index is -0.609. The van der Waals surface area contributed by atoms with Gasteiger partial charge in [-0.3, -0.25) is 9.36 Å². The molecular weight excluding hydrogens is 484 g/mol. The van der Waals surface area contributed by atoms with Gasteiger partial charge >= 0.3 is 5.97 Å². The van der Waals surface area contributed by atoms with Gasteiger partial charge in [0.25, 0.3) is 5.56 Å².